The molecule has 0 saturated carbocycles. The molecule has 0 spiro atoms. The molecule has 56 valence electrons. The van der Waals surface area contributed by atoms with E-state index in [4.69, 9.17) is 9.84 Å². The van der Waals surface area contributed by atoms with Crippen LogP contribution in [0.3, 0.4) is 0 Å². The van der Waals surface area contributed by atoms with Crippen molar-refractivity contribution in [2.45, 2.75) is 12.8 Å². The molecular weight excluding hydrogens is 116 g/mol. The van der Waals surface area contributed by atoms with Crippen molar-refractivity contribution in [3.63, 3.8) is 0 Å². The standard InChI is InChI=1S/C5H12O2.C2H4/c1-7-5-3-2-4-6;1-2/h6H,2-5H2,1H3;1-2H2. The van der Waals surface area contributed by atoms with Gasteiger partial charge < -0.3 is 9.84 Å². The van der Waals surface area contributed by atoms with Crippen LogP contribution in [-0.4, -0.2) is 25.4 Å². The van der Waals surface area contributed by atoms with E-state index in [0.29, 0.717) is 0 Å². The number of hydrogen-bond donors (Lipinski definition) is 1. The van der Waals surface area contributed by atoms with Crippen molar-refractivity contribution < 1.29 is 9.84 Å². The smallest absolute Gasteiger partial charge is 0.0463 e. The molecule has 0 aliphatic heterocycles. The molecule has 0 heterocycles. The predicted molar refractivity (Wildman–Crippen MR) is 39.4 cm³/mol. The number of methoxy groups -OCH3 is 1. The van der Waals surface area contributed by atoms with Crippen LogP contribution in [0, 0.1) is 0 Å². The largest absolute Gasteiger partial charge is 0.396 e. The summed E-state index contributed by atoms with van der Waals surface area (Å²) in [6.45, 7) is 7.05. The predicted octanol–water partition coefficient (Wildman–Crippen LogP) is 1.21. The lowest BCUT2D eigenvalue weighted by atomic mass is 10.3. The third-order valence-electron chi connectivity index (χ3n) is 0.757. The molecule has 0 unspecified atom stereocenters. The van der Waals surface area contributed by atoms with Gasteiger partial charge in [0.05, 0.1) is 0 Å². The number of ether oxygens (including phenoxy) is 1. The molecule has 0 aromatic carbocycles. The van der Waals surface area contributed by atoms with Gasteiger partial charge in [-0.15, -0.1) is 13.2 Å². The van der Waals surface area contributed by atoms with E-state index in [1.807, 2.05) is 0 Å². The van der Waals surface area contributed by atoms with Crippen molar-refractivity contribution in [3.05, 3.63) is 13.2 Å². The summed E-state index contributed by atoms with van der Waals surface area (Å²) < 4.78 is 4.73. The molecule has 0 bridgehead atoms. The maximum Gasteiger partial charge on any atom is 0.0463 e. The van der Waals surface area contributed by atoms with Gasteiger partial charge in [-0.05, 0) is 12.8 Å². The van der Waals surface area contributed by atoms with E-state index in [2.05, 4.69) is 13.2 Å². The van der Waals surface area contributed by atoms with Gasteiger partial charge in [0, 0.05) is 20.3 Å². The number of aliphatic hydroxyl groups excluding tert-OH is 1. The monoisotopic (exact) mass is 132 g/mol. The molecule has 0 aliphatic carbocycles. The SMILES string of the molecule is C=C.COCCCCO. The Morgan fingerprint density at radius 3 is 2.22 bits per heavy atom. The molecule has 9 heavy (non-hydrogen) atoms. The molecule has 0 aromatic rings. The van der Waals surface area contributed by atoms with Gasteiger partial charge in [-0.1, -0.05) is 0 Å². The normalized spacial score (nSPS) is 7.78. The molecule has 0 aromatic heterocycles. The van der Waals surface area contributed by atoms with E-state index in [1.165, 1.54) is 0 Å². The zero-order chi connectivity index (χ0) is 7.54. The van der Waals surface area contributed by atoms with Crippen molar-refractivity contribution in [1.29, 1.82) is 0 Å². The maximum atomic E-state index is 8.24. The molecule has 1 N–H and O–H groups in total. The van der Waals surface area contributed by atoms with Crippen LogP contribution in [0.5, 0.6) is 0 Å². The summed E-state index contributed by atoms with van der Waals surface area (Å²) in [5.41, 5.74) is 0. The maximum absolute atomic E-state index is 8.24. The Labute approximate surface area is 57.2 Å². The van der Waals surface area contributed by atoms with Crippen molar-refractivity contribution in [2.24, 2.45) is 0 Å². The zero-order valence-electron chi connectivity index (χ0n) is 6.10. The van der Waals surface area contributed by atoms with Gasteiger partial charge in [-0.3, -0.25) is 0 Å². The minimum atomic E-state index is 0.281. The van der Waals surface area contributed by atoms with Gasteiger partial charge in [0.1, 0.15) is 0 Å². The highest BCUT2D eigenvalue weighted by atomic mass is 16.5. The van der Waals surface area contributed by atoms with E-state index in [9.17, 15) is 0 Å². The van der Waals surface area contributed by atoms with E-state index >= 15 is 0 Å². The topological polar surface area (TPSA) is 29.5 Å². The van der Waals surface area contributed by atoms with Crippen LogP contribution in [0.15, 0.2) is 13.2 Å². The second-order valence-electron chi connectivity index (χ2n) is 1.42. The lowest BCUT2D eigenvalue weighted by Gasteiger charge is -1.92. The van der Waals surface area contributed by atoms with Gasteiger partial charge in [0.15, 0.2) is 0 Å². The van der Waals surface area contributed by atoms with Crippen molar-refractivity contribution in [3.8, 4) is 0 Å². The third-order valence-corrected chi connectivity index (χ3v) is 0.757. The zero-order valence-corrected chi connectivity index (χ0v) is 6.10. The first kappa shape index (κ1) is 11.5. The Morgan fingerprint density at radius 2 is 1.89 bits per heavy atom. The second-order valence-corrected chi connectivity index (χ2v) is 1.42. The molecule has 0 radical (unpaired) electrons. The van der Waals surface area contributed by atoms with Crippen molar-refractivity contribution >= 4 is 0 Å². The fourth-order valence-electron chi connectivity index (χ4n) is 0.358. The first-order valence-electron chi connectivity index (χ1n) is 3.01. The van der Waals surface area contributed by atoms with Crippen LogP contribution in [-0.2, 0) is 4.74 Å². The average molecular weight is 132 g/mol. The van der Waals surface area contributed by atoms with Crippen LogP contribution in [0.25, 0.3) is 0 Å². The molecule has 0 amide bonds. The van der Waals surface area contributed by atoms with Gasteiger partial charge >= 0.3 is 0 Å². The molecule has 0 aliphatic rings. The Balaban J connectivity index is 0. The molecule has 0 rings (SSSR count). The van der Waals surface area contributed by atoms with E-state index in [1.54, 1.807) is 7.11 Å². The fourth-order valence-corrected chi connectivity index (χ4v) is 0.358. The Kier molecular flexibility index (Phi) is 19.9. The van der Waals surface area contributed by atoms with Crippen LogP contribution in [0.4, 0.5) is 0 Å². The number of unbranched alkanes of at least 4 members (excludes halogenated alkanes) is 1. The summed E-state index contributed by atoms with van der Waals surface area (Å²) in [5, 5.41) is 8.24. The van der Waals surface area contributed by atoms with Gasteiger partial charge in [-0.25, -0.2) is 0 Å². The van der Waals surface area contributed by atoms with Crippen LogP contribution < -0.4 is 0 Å². The minimum absolute atomic E-state index is 0.281. The fraction of sp³-hybridized carbons (Fsp3) is 0.714. The third kappa shape index (κ3) is 18.3. The first-order valence-corrected chi connectivity index (χ1v) is 3.01. The Bertz CT molecular complexity index is 33.9. The number of hydrogen-bond acceptors (Lipinski definition) is 2. The summed E-state index contributed by atoms with van der Waals surface area (Å²) in [5.74, 6) is 0. The Morgan fingerprint density at radius 1 is 1.33 bits per heavy atom. The van der Waals surface area contributed by atoms with E-state index in [-0.39, 0.29) is 6.61 Å². The highest BCUT2D eigenvalue weighted by Gasteiger charge is 1.80. The quantitative estimate of drug-likeness (QED) is 0.460. The summed E-state index contributed by atoms with van der Waals surface area (Å²) in [7, 11) is 1.66. The van der Waals surface area contributed by atoms with Crippen LogP contribution in [0.1, 0.15) is 12.8 Å². The summed E-state index contributed by atoms with van der Waals surface area (Å²) in [4.78, 5) is 0. The van der Waals surface area contributed by atoms with Crippen LogP contribution >= 0.6 is 0 Å². The first-order chi connectivity index (χ1) is 4.41. The molecule has 0 fully saturated rings. The van der Waals surface area contributed by atoms with E-state index < -0.39 is 0 Å². The average Bonchev–Trinajstić information content (AvgIpc) is 1.94. The number of aliphatic hydroxyl groups is 1. The van der Waals surface area contributed by atoms with E-state index in [0.717, 1.165) is 19.4 Å². The summed E-state index contributed by atoms with van der Waals surface area (Å²) in [6.07, 6.45) is 1.82. The van der Waals surface area contributed by atoms with Gasteiger partial charge in [0.2, 0.25) is 0 Å². The summed E-state index contributed by atoms with van der Waals surface area (Å²) in [6, 6.07) is 0. The van der Waals surface area contributed by atoms with Crippen molar-refractivity contribution in [2.75, 3.05) is 20.3 Å². The molecule has 2 heteroatoms. The molecule has 0 atom stereocenters. The van der Waals surface area contributed by atoms with Crippen molar-refractivity contribution in [1.82, 2.24) is 0 Å². The van der Waals surface area contributed by atoms with Crippen LogP contribution in [0.2, 0.25) is 0 Å². The molecule has 2 nitrogen and oxygen atoms in total. The van der Waals surface area contributed by atoms with Gasteiger partial charge in [-0.2, -0.15) is 0 Å². The minimum Gasteiger partial charge on any atom is -0.396 e. The second kappa shape index (κ2) is 15.6. The summed E-state index contributed by atoms with van der Waals surface area (Å²) >= 11 is 0. The molecule has 0 saturated heterocycles. The van der Waals surface area contributed by atoms with Gasteiger partial charge in [0.25, 0.3) is 0 Å². The number of rotatable bonds is 4. The molecular formula is C7H16O2. The highest BCUT2D eigenvalue weighted by molar-refractivity contribution is 4.32. The lowest BCUT2D eigenvalue weighted by Crippen LogP contribution is -1.89. The lowest BCUT2D eigenvalue weighted by molar-refractivity contribution is 0.181. The highest BCUT2D eigenvalue weighted by Crippen LogP contribution is 1.84. The Hall–Kier alpha value is -0.340.